The number of aliphatic hydroxyl groups excluding tert-OH is 1. The number of halogens is 1. The van der Waals surface area contributed by atoms with Gasteiger partial charge in [-0.3, -0.25) is 24.3 Å². The van der Waals surface area contributed by atoms with Crippen molar-refractivity contribution in [1.29, 1.82) is 0 Å². The van der Waals surface area contributed by atoms with Crippen LogP contribution in [0.3, 0.4) is 0 Å². The van der Waals surface area contributed by atoms with E-state index in [9.17, 15) is 28.7 Å². The number of hydrogen-bond donors (Lipinski definition) is 1. The van der Waals surface area contributed by atoms with Gasteiger partial charge in [-0.05, 0) is 67.1 Å². The van der Waals surface area contributed by atoms with Crippen LogP contribution in [0.1, 0.15) is 74.7 Å². The lowest BCUT2D eigenvalue weighted by Gasteiger charge is -2.47. The average molecular weight is 827 g/mol. The van der Waals surface area contributed by atoms with Gasteiger partial charge in [0.1, 0.15) is 42.0 Å². The van der Waals surface area contributed by atoms with Crippen molar-refractivity contribution >= 4 is 23.6 Å². The fourth-order valence-electron chi connectivity index (χ4n) is 8.96. The van der Waals surface area contributed by atoms with Crippen LogP contribution in [0, 0.1) is 41.3 Å². The number of carbonyl (C=O) groups is 4. The molecule has 2 aromatic heterocycles. The van der Waals surface area contributed by atoms with E-state index >= 15 is 0 Å². The Bertz CT molecular complexity index is 1920. The van der Waals surface area contributed by atoms with Crippen molar-refractivity contribution in [3.63, 3.8) is 0 Å². The number of carbonyl (C=O) groups excluding carboxylic acids is 4. The maximum absolute atomic E-state index is 14.7. The zero-order valence-electron chi connectivity index (χ0n) is 35.9. The summed E-state index contributed by atoms with van der Waals surface area (Å²) in [7, 11) is 5.17. The molecule has 3 aliphatic rings. The number of rotatable bonds is 8. The van der Waals surface area contributed by atoms with E-state index in [1.54, 1.807) is 47.7 Å². The lowest BCUT2D eigenvalue weighted by atomic mass is 9.73. The Kier molecular flexibility index (Phi) is 14.3. The summed E-state index contributed by atoms with van der Waals surface area (Å²) in [5.41, 5.74) is -2.17. The number of aliphatic hydroxyl groups is 1. The number of cyclic esters (lactones) is 1. The SMILES string of the molecule is CC[C@H]1OC(=O)[C@H](C)C(=O)[C@H](C)[C@@H](O[C@@H]2OC(C)CC(N(C)C)C2O)[C@](C)(OC)C[C@@H](C)C(=O)[C@H](C)[C@H]2N(CC#CCn3cc(-c4cc(F)ccn4)nn3)C(=O)O[C@]12C. The molecule has 3 fully saturated rings. The third-order valence-electron chi connectivity index (χ3n) is 12.3. The second-order valence-electron chi connectivity index (χ2n) is 16.8. The van der Waals surface area contributed by atoms with Gasteiger partial charge in [-0.1, -0.05) is 44.7 Å². The maximum Gasteiger partial charge on any atom is 0.411 e. The first kappa shape index (κ1) is 45.7. The van der Waals surface area contributed by atoms with Crippen LogP contribution in [0.25, 0.3) is 11.4 Å². The van der Waals surface area contributed by atoms with E-state index in [-0.39, 0.29) is 43.9 Å². The number of methoxy groups -OCH3 is 1. The van der Waals surface area contributed by atoms with Crippen LogP contribution in [-0.2, 0) is 44.6 Å². The second kappa shape index (κ2) is 18.5. The molecule has 1 amide bonds. The predicted molar refractivity (Wildman–Crippen MR) is 211 cm³/mol. The normalized spacial score (nSPS) is 36.0. The van der Waals surface area contributed by atoms with E-state index in [1.807, 2.05) is 25.9 Å². The van der Waals surface area contributed by atoms with Crippen LogP contribution in [0.4, 0.5) is 9.18 Å². The minimum Gasteiger partial charge on any atom is -0.458 e. The molecule has 0 bridgehead atoms. The molecule has 0 radical (unpaired) electrons. The molecule has 3 unspecified atom stereocenters. The molecular formula is C42H59FN6O10. The summed E-state index contributed by atoms with van der Waals surface area (Å²) in [5.74, 6) is 0.0909. The smallest absolute Gasteiger partial charge is 0.411 e. The Labute approximate surface area is 345 Å². The van der Waals surface area contributed by atoms with E-state index in [0.717, 1.165) is 0 Å². The van der Waals surface area contributed by atoms with Crippen molar-refractivity contribution in [2.45, 2.75) is 135 Å². The second-order valence-corrected chi connectivity index (χ2v) is 16.8. The van der Waals surface area contributed by atoms with E-state index in [0.29, 0.717) is 17.8 Å². The first-order chi connectivity index (χ1) is 27.8. The van der Waals surface area contributed by atoms with Crippen LogP contribution in [0.15, 0.2) is 24.5 Å². The zero-order chi connectivity index (χ0) is 43.6. The molecule has 1 N–H and O–H groups in total. The molecule has 17 heteroatoms. The summed E-state index contributed by atoms with van der Waals surface area (Å²) in [6.45, 7) is 13.5. The quantitative estimate of drug-likeness (QED) is 0.231. The van der Waals surface area contributed by atoms with E-state index in [4.69, 9.17) is 23.7 Å². The molecule has 0 spiro atoms. The Balaban J connectivity index is 1.47. The molecule has 5 rings (SSSR count). The van der Waals surface area contributed by atoms with Crippen LogP contribution in [0.2, 0.25) is 0 Å². The number of ketones is 2. The monoisotopic (exact) mass is 826 g/mol. The summed E-state index contributed by atoms with van der Waals surface area (Å²) < 4.78 is 46.1. The van der Waals surface area contributed by atoms with Crippen LogP contribution < -0.4 is 0 Å². The fourth-order valence-corrected chi connectivity index (χ4v) is 8.96. The molecule has 3 aliphatic heterocycles. The number of hydrogen-bond acceptors (Lipinski definition) is 14. The molecule has 5 heterocycles. The van der Waals surface area contributed by atoms with Crippen molar-refractivity contribution < 1.29 is 52.4 Å². The molecule has 16 nitrogen and oxygen atoms in total. The number of fused-ring (bicyclic) bond motifs is 1. The summed E-state index contributed by atoms with van der Waals surface area (Å²) in [5, 5.41) is 19.5. The highest BCUT2D eigenvalue weighted by Crippen LogP contribution is 2.43. The summed E-state index contributed by atoms with van der Waals surface area (Å²) in [4.78, 5) is 64.0. The molecule has 324 valence electrons. The van der Waals surface area contributed by atoms with Crippen molar-refractivity contribution in [2.24, 2.45) is 23.7 Å². The van der Waals surface area contributed by atoms with E-state index in [1.165, 1.54) is 41.9 Å². The fraction of sp³-hybridized carbons (Fsp3) is 0.690. The van der Waals surface area contributed by atoms with Gasteiger partial charge >= 0.3 is 12.1 Å². The number of esters is 1. The van der Waals surface area contributed by atoms with Gasteiger partial charge in [-0.2, -0.15) is 0 Å². The molecule has 3 saturated heterocycles. The van der Waals surface area contributed by atoms with E-state index in [2.05, 4.69) is 27.1 Å². The van der Waals surface area contributed by atoms with Crippen molar-refractivity contribution in [2.75, 3.05) is 27.7 Å². The number of nitrogens with zero attached hydrogens (tertiary/aromatic N) is 6. The molecule has 2 aromatic rings. The summed E-state index contributed by atoms with van der Waals surface area (Å²) >= 11 is 0. The standard InChI is InChI=1S/C42H59FN6O10/c1-12-32-42(8)36(49(40(54)59-42)18-14-13-17-48-22-30(45-46-48)29-20-28(43)15-16-44-29)25(4)33(50)23(2)21-41(7,55-11)37(26(5)34(51)27(6)38(53)57-32)58-39-35(52)31(47(9)10)19-24(3)56-39/h15-16,20,22-27,31-32,35-37,39,52H,12,17-19,21H2,1-11H3/t23-,24?,25+,26+,27-,31?,32-,35?,36-,37-,39+,41-,42-/m1/s1. The Morgan fingerprint density at radius 2 is 1.73 bits per heavy atom. The van der Waals surface area contributed by atoms with Gasteiger partial charge in [0.2, 0.25) is 0 Å². The van der Waals surface area contributed by atoms with Crippen molar-refractivity contribution in [3.05, 3.63) is 30.3 Å². The topological polar surface area (TPSA) is 185 Å². The van der Waals surface area contributed by atoms with Crippen LogP contribution in [-0.4, -0.2) is 140 Å². The highest BCUT2D eigenvalue weighted by Gasteiger charge is 2.60. The first-order valence-corrected chi connectivity index (χ1v) is 20.2. The van der Waals surface area contributed by atoms with Gasteiger partial charge in [-0.25, -0.2) is 13.9 Å². The lowest BCUT2D eigenvalue weighted by Crippen LogP contribution is -2.60. The first-order valence-electron chi connectivity index (χ1n) is 20.2. The predicted octanol–water partition coefficient (Wildman–Crippen LogP) is 3.69. The minimum atomic E-state index is -1.51. The van der Waals surface area contributed by atoms with Crippen LogP contribution in [0.5, 0.6) is 0 Å². The van der Waals surface area contributed by atoms with E-state index < -0.39 is 89.2 Å². The van der Waals surface area contributed by atoms with Gasteiger partial charge in [0, 0.05) is 43.2 Å². The van der Waals surface area contributed by atoms with Crippen molar-refractivity contribution in [1.82, 2.24) is 29.8 Å². The average Bonchev–Trinajstić information content (AvgIpc) is 3.77. The zero-order valence-corrected chi connectivity index (χ0v) is 35.9. The highest BCUT2D eigenvalue weighted by molar-refractivity contribution is 6.00. The molecule has 0 aliphatic carbocycles. The highest BCUT2D eigenvalue weighted by atomic mass is 19.1. The molecule has 0 aromatic carbocycles. The number of likely N-dealkylation sites (N-methyl/N-ethyl adjacent to an activating group) is 1. The summed E-state index contributed by atoms with van der Waals surface area (Å²) in [6, 6.07) is 1.22. The number of aromatic nitrogens is 4. The molecular weight excluding hydrogens is 767 g/mol. The molecule has 59 heavy (non-hydrogen) atoms. The number of Topliss-reactive ketones (excluding diaryl/α,β-unsaturated/α-hetero) is 2. The Morgan fingerprint density at radius 3 is 2.37 bits per heavy atom. The third-order valence-corrected chi connectivity index (χ3v) is 12.3. The minimum absolute atomic E-state index is 0.0730. The van der Waals surface area contributed by atoms with Gasteiger partial charge in [0.25, 0.3) is 0 Å². The molecule has 0 saturated carbocycles. The molecule has 13 atom stereocenters. The third kappa shape index (κ3) is 9.52. The Hall–Kier alpha value is -4.34. The van der Waals surface area contributed by atoms with Gasteiger partial charge in [-0.15, -0.1) is 5.10 Å². The van der Waals surface area contributed by atoms with Crippen LogP contribution >= 0.6 is 0 Å². The number of amides is 1. The van der Waals surface area contributed by atoms with Gasteiger partial charge < -0.3 is 33.7 Å². The van der Waals surface area contributed by atoms with Crippen molar-refractivity contribution in [3.8, 4) is 23.2 Å². The van der Waals surface area contributed by atoms with Gasteiger partial charge in [0.05, 0.1) is 42.3 Å². The number of pyridine rings is 1. The Morgan fingerprint density at radius 1 is 1.03 bits per heavy atom. The number of ether oxygens (including phenoxy) is 5. The largest absolute Gasteiger partial charge is 0.458 e. The van der Waals surface area contributed by atoms with Gasteiger partial charge in [0.15, 0.2) is 17.7 Å². The summed E-state index contributed by atoms with van der Waals surface area (Å²) in [6.07, 6.45) is -1.67. The maximum atomic E-state index is 14.7. The lowest BCUT2D eigenvalue weighted by molar-refractivity contribution is -0.295.